The zero-order chi connectivity index (χ0) is 15.9. The molecule has 0 aromatic heterocycles. The molecule has 0 aliphatic carbocycles. The minimum Gasteiger partial charge on any atom is -0.466 e. The summed E-state index contributed by atoms with van der Waals surface area (Å²) < 4.78 is 10.3. The molecule has 0 fully saturated rings. The minimum atomic E-state index is -0.217. The van der Waals surface area contributed by atoms with E-state index in [1.807, 2.05) is 6.92 Å². The average molecular weight is 300 g/mol. The van der Waals surface area contributed by atoms with Crippen molar-refractivity contribution in [2.45, 2.75) is 78.6 Å². The number of unbranched alkanes of at least 4 members (excludes halogenated alkanes) is 2. The number of esters is 2. The first-order valence-corrected chi connectivity index (χ1v) is 8.45. The largest absolute Gasteiger partial charge is 0.466 e. The Bertz CT molecular complexity index is 276. The maximum Gasteiger partial charge on any atom is 0.305 e. The Morgan fingerprint density at radius 3 is 2.05 bits per heavy atom. The van der Waals surface area contributed by atoms with Gasteiger partial charge in [-0.1, -0.05) is 46.5 Å². The topological polar surface area (TPSA) is 52.6 Å². The van der Waals surface area contributed by atoms with Gasteiger partial charge in [-0.25, -0.2) is 0 Å². The van der Waals surface area contributed by atoms with Crippen LogP contribution in [-0.4, -0.2) is 25.2 Å². The van der Waals surface area contributed by atoms with Gasteiger partial charge in [0.05, 0.1) is 13.2 Å². The Hall–Kier alpha value is -1.06. The van der Waals surface area contributed by atoms with E-state index in [2.05, 4.69) is 13.8 Å². The van der Waals surface area contributed by atoms with E-state index in [1.165, 1.54) is 12.8 Å². The maximum atomic E-state index is 11.6. The number of rotatable bonds is 13. The van der Waals surface area contributed by atoms with Crippen molar-refractivity contribution in [2.75, 3.05) is 13.2 Å². The molecular formula is C17H32O4. The Labute approximate surface area is 129 Å². The van der Waals surface area contributed by atoms with Crippen LogP contribution >= 0.6 is 0 Å². The monoisotopic (exact) mass is 300 g/mol. The van der Waals surface area contributed by atoms with Crippen molar-refractivity contribution >= 4 is 11.9 Å². The molecule has 0 aromatic rings. The normalized spacial score (nSPS) is 12.0. The van der Waals surface area contributed by atoms with Crippen LogP contribution in [-0.2, 0) is 19.1 Å². The summed E-state index contributed by atoms with van der Waals surface area (Å²) in [5, 5.41) is 0. The van der Waals surface area contributed by atoms with Gasteiger partial charge in [0.1, 0.15) is 0 Å². The van der Waals surface area contributed by atoms with Gasteiger partial charge in [0.2, 0.25) is 0 Å². The van der Waals surface area contributed by atoms with Crippen molar-refractivity contribution < 1.29 is 19.1 Å². The lowest BCUT2D eigenvalue weighted by atomic mass is 10.0. The van der Waals surface area contributed by atoms with E-state index in [4.69, 9.17) is 9.47 Å². The molecule has 4 nitrogen and oxygen atoms in total. The first-order chi connectivity index (χ1) is 10.1. The standard InChI is InChI=1S/C17H32O4/c1-4-7-10-15(6-3)14-21-17(19)12-9-11-16(18)20-13-8-5-2/h15H,4-14H2,1-3H3. The van der Waals surface area contributed by atoms with E-state index < -0.39 is 0 Å². The summed E-state index contributed by atoms with van der Waals surface area (Å²) in [4.78, 5) is 23.0. The molecule has 0 heterocycles. The van der Waals surface area contributed by atoms with Gasteiger partial charge in [-0.2, -0.15) is 0 Å². The molecule has 0 N–H and O–H groups in total. The molecule has 1 atom stereocenters. The second-order valence-electron chi connectivity index (χ2n) is 5.53. The smallest absolute Gasteiger partial charge is 0.305 e. The van der Waals surface area contributed by atoms with E-state index in [9.17, 15) is 9.59 Å². The van der Waals surface area contributed by atoms with Crippen LogP contribution in [0.5, 0.6) is 0 Å². The number of carbonyl (C=O) groups is 2. The molecule has 0 rings (SSSR count). The first kappa shape index (κ1) is 19.9. The number of ether oxygens (including phenoxy) is 2. The van der Waals surface area contributed by atoms with E-state index in [-0.39, 0.29) is 11.9 Å². The summed E-state index contributed by atoms with van der Waals surface area (Å²) in [5.41, 5.74) is 0. The average Bonchev–Trinajstić information content (AvgIpc) is 2.47. The second kappa shape index (κ2) is 13.9. The van der Waals surface area contributed by atoms with E-state index in [0.717, 1.165) is 25.7 Å². The van der Waals surface area contributed by atoms with Gasteiger partial charge in [-0.15, -0.1) is 0 Å². The zero-order valence-electron chi connectivity index (χ0n) is 14.0. The predicted molar refractivity (Wildman–Crippen MR) is 84.0 cm³/mol. The molecule has 0 radical (unpaired) electrons. The molecule has 0 aliphatic heterocycles. The Kier molecular flexibility index (Phi) is 13.2. The lowest BCUT2D eigenvalue weighted by Gasteiger charge is -2.14. The fourth-order valence-electron chi connectivity index (χ4n) is 1.96. The van der Waals surface area contributed by atoms with Crippen LogP contribution in [0.2, 0.25) is 0 Å². The van der Waals surface area contributed by atoms with Gasteiger partial charge >= 0.3 is 11.9 Å². The highest BCUT2D eigenvalue weighted by molar-refractivity contribution is 5.72. The number of hydrogen-bond acceptors (Lipinski definition) is 4. The van der Waals surface area contributed by atoms with Crippen LogP contribution in [0.3, 0.4) is 0 Å². The van der Waals surface area contributed by atoms with E-state index in [0.29, 0.717) is 38.4 Å². The van der Waals surface area contributed by atoms with Crippen LogP contribution in [0.4, 0.5) is 0 Å². The van der Waals surface area contributed by atoms with E-state index in [1.54, 1.807) is 0 Å². The highest BCUT2D eigenvalue weighted by Crippen LogP contribution is 2.13. The lowest BCUT2D eigenvalue weighted by molar-refractivity contribution is -0.146. The maximum absolute atomic E-state index is 11.6. The van der Waals surface area contributed by atoms with Crippen LogP contribution in [0.1, 0.15) is 78.6 Å². The second-order valence-corrected chi connectivity index (χ2v) is 5.53. The zero-order valence-corrected chi connectivity index (χ0v) is 14.0. The lowest BCUT2D eigenvalue weighted by Crippen LogP contribution is -2.14. The molecule has 0 aromatic carbocycles. The summed E-state index contributed by atoms with van der Waals surface area (Å²) in [6, 6.07) is 0. The van der Waals surface area contributed by atoms with Crippen LogP contribution in [0.15, 0.2) is 0 Å². The number of hydrogen-bond donors (Lipinski definition) is 0. The van der Waals surface area contributed by atoms with Crippen molar-refractivity contribution in [3.63, 3.8) is 0 Å². The van der Waals surface area contributed by atoms with Gasteiger partial charge in [0.15, 0.2) is 0 Å². The summed E-state index contributed by atoms with van der Waals surface area (Å²) in [7, 11) is 0. The van der Waals surface area contributed by atoms with Crippen LogP contribution < -0.4 is 0 Å². The van der Waals surface area contributed by atoms with Gasteiger partial charge < -0.3 is 9.47 Å². The molecule has 0 bridgehead atoms. The molecular weight excluding hydrogens is 268 g/mol. The van der Waals surface area contributed by atoms with E-state index >= 15 is 0 Å². The Balaban J connectivity index is 3.63. The summed E-state index contributed by atoms with van der Waals surface area (Å²) in [5.74, 6) is 0.0462. The van der Waals surface area contributed by atoms with Gasteiger partial charge in [-0.05, 0) is 25.2 Å². The summed E-state index contributed by atoms with van der Waals surface area (Å²) >= 11 is 0. The van der Waals surface area contributed by atoms with Crippen molar-refractivity contribution in [3.8, 4) is 0 Å². The SMILES string of the molecule is CCCCOC(=O)CCCC(=O)OCC(CC)CCCC. The molecule has 0 aliphatic rings. The minimum absolute atomic E-state index is 0.202. The highest BCUT2D eigenvalue weighted by atomic mass is 16.5. The fourth-order valence-corrected chi connectivity index (χ4v) is 1.96. The third-order valence-electron chi connectivity index (χ3n) is 3.55. The van der Waals surface area contributed by atoms with Gasteiger partial charge in [0, 0.05) is 12.8 Å². The van der Waals surface area contributed by atoms with Gasteiger partial charge in [0.25, 0.3) is 0 Å². The van der Waals surface area contributed by atoms with Crippen molar-refractivity contribution in [2.24, 2.45) is 5.92 Å². The molecule has 0 saturated heterocycles. The summed E-state index contributed by atoms with van der Waals surface area (Å²) in [6.45, 7) is 7.33. The molecule has 4 heteroatoms. The molecule has 21 heavy (non-hydrogen) atoms. The highest BCUT2D eigenvalue weighted by Gasteiger charge is 2.11. The molecule has 1 unspecified atom stereocenters. The van der Waals surface area contributed by atoms with Crippen molar-refractivity contribution in [1.29, 1.82) is 0 Å². The summed E-state index contributed by atoms with van der Waals surface area (Å²) in [6.07, 6.45) is 7.51. The molecule has 0 amide bonds. The quantitative estimate of drug-likeness (QED) is 0.377. The predicted octanol–water partition coefficient (Wildman–Crippen LogP) is 4.26. The fraction of sp³-hybridized carbons (Fsp3) is 0.882. The molecule has 124 valence electrons. The number of carbonyl (C=O) groups excluding carboxylic acids is 2. The van der Waals surface area contributed by atoms with Gasteiger partial charge in [-0.3, -0.25) is 9.59 Å². The Morgan fingerprint density at radius 1 is 0.857 bits per heavy atom. The third kappa shape index (κ3) is 12.4. The molecule has 0 spiro atoms. The first-order valence-electron chi connectivity index (χ1n) is 8.45. The van der Waals surface area contributed by atoms with Crippen LogP contribution in [0, 0.1) is 5.92 Å². The third-order valence-corrected chi connectivity index (χ3v) is 3.55. The Morgan fingerprint density at radius 2 is 1.48 bits per heavy atom. The van der Waals surface area contributed by atoms with Crippen molar-refractivity contribution in [3.05, 3.63) is 0 Å². The van der Waals surface area contributed by atoms with Crippen molar-refractivity contribution in [1.82, 2.24) is 0 Å². The molecule has 0 saturated carbocycles. The van der Waals surface area contributed by atoms with Crippen LogP contribution in [0.25, 0.3) is 0 Å².